The number of aliphatic hydroxyl groups is 5. The van der Waals surface area contributed by atoms with E-state index in [9.17, 15) is 30.3 Å². The summed E-state index contributed by atoms with van der Waals surface area (Å²) in [6, 6.07) is -2.95. The third kappa shape index (κ3) is 8.11. The van der Waals surface area contributed by atoms with E-state index < -0.39 is 84.5 Å². The minimum Gasteiger partial charge on any atom is -0.492 e. The lowest BCUT2D eigenvalue weighted by Crippen LogP contribution is -2.69. The first-order valence-corrected chi connectivity index (χ1v) is 14.0. The van der Waals surface area contributed by atoms with Crippen LogP contribution in [0.5, 0.6) is 0 Å². The minimum absolute atomic E-state index is 0.108. The van der Waals surface area contributed by atoms with E-state index in [1.165, 1.54) is 6.92 Å². The monoisotopic (exact) mass is 591 g/mol. The third-order valence-electron chi connectivity index (χ3n) is 8.09. The molecule has 3 rings (SSSR count). The average molecular weight is 592 g/mol. The SMILES string of the molecule is CN[C@@H]1[C@@H](O)[C@@H](O[C@H]2[C@H](NC(=O)[C@@H](O)CN)C[C@H](N)C([C@H]3OC(CNCC(O)CN)=CC[C@H]3N)[C@@H]2O)OC[C@]1(C)O. The van der Waals surface area contributed by atoms with E-state index >= 15 is 0 Å². The molecule has 238 valence electrons. The summed E-state index contributed by atoms with van der Waals surface area (Å²) in [6.45, 7) is 1.67. The summed E-state index contributed by atoms with van der Waals surface area (Å²) in [6.07, 6.45) is -5.71. The number of nitrogens with one attached hydrogen (secondary N) is 3. The molecule has 2 heterocycles. The van der Waals surface area contributed by atoms with E-state index in [4.69, 9.17) is 37.1 Å². The summed E-state index contributed by atoms with van der Waals surface area (Å²) < 4.78 is 17.9. The van der Waals surface area contributed by atoms with E-state index in [2.05, 4.69) is 16.0 Å². The highest BCUT2D eigenvalue weighted by Gasteiger charge is 2.53. The van der Waals surface area contributed by atoms with Crippen molar-refractivity contribution in [3.8, 4) is 0 Å². The molecular weight excluding hydrogens is 542 g/mol. The molecule has 0 bridgehead atoms. The molecule has 13 atom stereocenters. The highest BCUT2D eigenvalue weighted by atomic mass is 16.7. The van der Waals surface area contributed by atoms with Crippen molar-refractivity contribution >= 4 is 5.91 Å². The molecule has 1 saturated heterocycles. The second-order valence-corrected chi connectivity index (χ2v) is 11.4. The van der Waals surface area contributed by atoms with Gasteiger partial charge in [0.05, 0.1) is 37.4 Å². The highest BCUT2D eigenvalue weighted by Crippen LogP contribution is 2.36. The summed E-state index contributed by atoms with van der Waals surface area (Å²) in [5.74, 6) is -0.971. The van der Waals surface area contributed by atoms with Gasteiger partial charge in [0.25, 0.3) is 0 Å². The van der Waals surface area contributed by atoms with Crippen molar-refractivity contribution < 1.29 is 44.5 Å². The lowest BCUT2D eigenvalue weighted by atomic mass is 9.72. The summed E-state index contributed by atoms with van der Waals surface area (Å²) in [7, 11) is 1.57. The zero-order valence-electron chi connectivity index (χ0n) is 23.6. The van der Waals surface area contributed by atoms with Gasteiger partial charge in [-0.15, -0.1) is 0 Å². The smallest absolute Gasteiger partial charge is 0.250 e. The fourth-order valence-corrected chi connectivity index (χ4v) is 5.79. The molecule has 16 N–H and O–H groups in total. The first kappa shape index (κ1) is 34.0. The molecule has 2 fully saturated rings. The van der Waals surface area contributed by atoms with Crippen LogP contribution in [0, 0.1) is 5.92 Å². The molecule has 16 heteroatoms. The number of hydrogen-bond donors (Lipinski definition) is 12. The number of nitrogens with two attached hydrogens (primary N) is 4. The van der Waals surface area contributed by atoms with Crippen LogP contribution in [0.15, 0.2) is 11.8 Å². The molecule has 41 heavy (non-hydrogen) atoms. The van der Waals surface area contributed by atoms with Crippen molar-refractivity contribution in [1.82, 2.24) is 16.0 Å². The Hall–Kier alpha value is -1.51. The fraction of sp³-hybridized carbons (Fsp3) is 0.880. The van der Waals surface area contributed by atoms with Crippen LogP contribution in [0.4, 0.5) is 0 Å². The van der Waals surface area contributed by atoms with Crippen molar-refractivity contribution in [2.24, 2.45) is 28.9 Å². The zero-order chi connectivity index (χ0) is 30.5. The molecule has 0 aromatic heterocycles. The Morgan fingerprint density at radius 3 is 2.54 bits per heavy atom. The molecule has 3 aliphatic rings. The van der Waals surface area contributed by atoms with Crippen LogP contribution in [-0.2, 0) is 19.0 Å². The summed E-state index contributed by atoms with van der Waals surface area (Å²) in [5.41, 5.74) is 22.4. The lowest BCUT2D eigenvalue weighted by Gasteiger charge is -2.50. The van der Waals surface area contributed by atoms with E-state index in [-0.39, 0.29) is 32.7 Å². The first-order chi connectivity index (χ1) is 19.3. The van der Waals surface area contributed by atoms with Gasteiger partial charge < -0.3 is 78.6 Å². The molecule has 0 aromatic rings. The van der Waals surface area contributed by atoms with Gasteiger partial charge in [0.15, 0.2) is 6.29 Å². The van der Waals surface area contributed by atoms with Crippen molar-refractivity contribution in [2.45, 2.75) is 92.4 Å². The highest BCUT2D eigenvalue weighted by molar-refractivity contribution is 5.81. The van der Waals surface area contributed by atoms with E-state index in [0.717, 1.165) is 0 Å². The maximum atomic E-state index is 12.6. The Kier molecular flexibility index (Phi) is 12.3. The molecule has 1 amide bonds. The maximum Gasteiger partial charge on any atom is 0.250 e. The van der Waals surface area contributed by atoms with Crippen LogP contribution in [-0.4, -0.2) is 144 Å². The van der Waals surface area contributed by atoms with Crippen molar-refractivity contribution in [1.29, 1.82) is 0 Å². The molecular formula is C25H49N7O9. The summed E-state index contributed by atoms with van der Waals surface area (Å²) in [4.78, 5) is 12.6. The van der Waals surface area contributed by atoms with Gasteiger partial charge in [-0.1, -0.05) is 0 Å². The average Bonchev–Trinajstić information content (AvgIpc) is 2.92. The second kappa shape index (κ2) is 14.8. The predicted octanol–water partition coefficient (Wildman–Crippen LogP) is -6.15. The van der Waals surface area contributed by atoms with Crippen LogP contribution in [0.25, 0.3) is 0 Å². The molecule has 1 saturated carbocycles. The number of amides is 1. The second-order valence-electron chi connectivity index (χ2n) is 11.4. The Morgan fingerprint density at radius 2 is 1.90 bits per heavy atom. The molecule has 1 aliphatic carbocycles. The standard InChI is InChI=1S/C25H49N7O9/c1-25(38)10-39-24(19(36)22(25)30-2)41-21-15(32-23(37)16(34)7-27)5-14(29)17(18(21)35)20-13(28)4-3-12(40-20)9-31-8-11(33)6-26/h3,11,13-22,24,30-31,33-36,38H,4-10,26-29H2,1-2H3,(H,32,37)/t11?,13-,14+,15-,16+,17?,18+,19-,20+,21+,22-,24-,25+/m1/s1. The largest absolute Gasteiger partial charge is 0.492 e. The van der Waals surface area contributed by atoms with Crippen LogP contribution in [0.3, 0.4) is 0 Å². The Balaban J connectivity index is 1.82. The fourth-order valence-electron chi connectivity index (χ4n) is 5.79. The number of rotatable bonds is 12. The van der Waals surface area contributed by atoms with Gasteiger partial charge in [-0.2, -0.15) is 0 Å². The minimum atomic E-state index is -1.49. The van der Waals surface area contributed by atoms with E-state index in [0.29, 0.717) is 18.7 Å². The number of hydrogen-bond acceptors (Lipinski definition) is 15. The Bertz CT molecular complexity index is 884. The van der Waals surface area contributed by atoms with Gasteiger partial charge in [-0.05, 0) is 32.9 Å². The maximum absolute atomic E-state index is 12.6. The molecule has 0 radical (unpaired) electrons. The van der Waals surface area contributed by atoms with Crippen molar-refractivity contribution in [3.63, 3.8) is 0 Å². The van der Waals surface area contributed by atoms with Gasteiger partial charge in [0, 0.05) is 37.6 Å². The summed E-state index contributed by atoms with van der Waals surface area (Å²) >= 11 is 0. The van der Waals surface area contributed by atoms with Gasteiger partial charge in [0.2, 0.25) is 5.91 Å². The van der Waals surface area contributed by atoms with Crippen molar-refractivity contribution in [2.75, 3.05) is 39.8 Å². The van der Waals surface area contributed by atoms with Crippen LogP contribution in [0.2, 0.25) is 0 Å². The number of carbonyl (C=O) groups excluding carboxylic acids is 1. The normalized spacial score (nSPS) is 41.2. The predicted molar refractivity (Wildman–Crippen MR) is 147 cm³/mol. The lowest BCUT2D eigenvalue weighted by molar-refractivity contribution is -0.297. The Morgan fingerprint density at radius 1 is 1.20 bits per heavy atom. The van der Waals surface area contributed by atoms with Gasteiger partial charge in [-0.25, -0.2) is 0 Å². The van der Waals surface area contributed by atoms with E-state index in [1.54, 1.807) is 7.05 Å². The molecule has 0 spiro atoms. The van der Waals surface area contributed by atoms with Gasteiger partial charge >= 0.3 is 0 Å². The number of ether oxygens (including phenoxy) is 3. The summed E-state index contributed by atoms with van der Waals surface area (Å²) in [5, 5.41) is 61.5. The van der Waals surface area contributed by atoms with Crippen molar-refractivity contribution in [3.05, 3.63) is 11.8 Å². The molecule has 16 nitrogen and oxygen atoms in total. The Labute approximate surface area is 239 Å². The molecule has 2 aliphatic heterocycles. The zero-order valence-corrected chi connectivity index (χ0v) is 23.6. The quantitative estimate of drug-likeness (QED) is 0.101. The number of aliphatic hydroxyl groups excluding tert-OH is 4. The molecule has 0 aromatic carbocycles. The topological polar surface area (TPSA) is 286 Å². The van der Waals surface area contributed by atoms with Gasteiger partial charge in [0.1, 0.15) is 35.8 Å². The van der Waals surface area contributed by atoms with Crippen LogP contribution < -0.4 is 38.9 Å². The third-order valence-corrected chi connectivity index (χ3v) is 8.09. The van der Waals surface area contributed by atoms with Crippen LogP contribution >= 0.6 is 0 Å². The van der Waals surface area contributed by atoms with Crippen LogP contribution in [0.1, 0.15) is 19.8 Å². The molecule has 2 unspecified atom stereocenters. The number of carbonyl (C=O) groups is 1. The number of likely N-dealkylation sites (N-methyl/N-ethyl adjacent to an activating group) is 1. The first-order valence-electron chi connectivity index (χ1n) is 14.0. The van der Waals surface area contributed by atoms with Gasteiger partial charge in [-0.3, -0.25) is 4.79 Å². The van der Waals surface area contributed by atoms with E-state index in [1.807, 2.05) is 6.08 Å².